The number of hydrogen-bond donors (Lipinski definition) is 1. The lowest BCUT2D eigenvalue weighted by atomic mass is 9.96. The van der Waals surface area contributed by atoms with Crippen LogP contribution in [-0.2, 0) is 4.79 Å². The quantitative estimate of drug-likeness (QED) is 0.833. The first-order valence-electron chi connectivity index (χ1n) is 6.15. The molecule has 1 aliphatic heterocycles. The van der Waals surface area contributed by atoms with Gasteiger partial charge in [-0.05, 0) is 39.5 Å². The van der Waals surface area contributed by atoms with E-state index in [1.54, 1.807) is 0 Å². The fourth-order valence-corrected chi connectivity index (χ4v) is 2.48. The molecule has 96 valence electrons. The molecule has 0 aliphatic carbocycles. The van der Waals surface area contributed by atoms with E-state index in [2.05, 4.69) is 20.8 Å². The Bertz CT molecular complexity index is 213. The molecular formula is C12H25ClN2O. The van der Waals surface area contributed by atoms with E-state index in [0.29, 0.717) is 12.1 Å². The van der Waals surface area contributed by atoms with E-state index in [-0.39, 0.29) is 24.4 Å². The zero-order valence-corrected chi connectivity index (χ0v) is 11.4. The highest BCUT2D eigenvalue weighted by Gasteiger charge is 2.31. The lowest BCUT2D eigenvalue weighted by Crippen LogP contribution is -2.53. The van der Waals surface area contributed by atoms with Crippen LogP contribution in [0.2, 0.25) is 0 Å². The maximum absolute atomic E-state index is 12.1. The largest absolute Gasteiger partial charge is 0.336 e. The molecular weight excluding hydrogens is 224 g/mol. The van der Waals surface area contributed by atoms with Crippen LogP contribution in [0, 0.1) is 0 Å². The highest BCUT2D eigenvalue weighted by molar-refractivity contribution is 5.85. The Hall–Kier alpha value is -0.280. The van der Waals surface area contributed by atoms with E-state index in [9.17, 15) is 4.79 Å². The molecule has 0 aromatic rings. The van der Waals surface area contributed by atoms with Gasteiger partial charge in [0, 0.05) is 12.1 Å². The molecule has 3 atom stereocenters. The van der Waals surface area contributed by atoms with Crippen LogP contribution in [0.15, 0.2) is 0 Å². The second kappa shape index (κ2) is 7.13. The zero-order valence-electron chi connectivity index (χ0n) is 10.6. The van der Waals surface area contributed by atoms with Gasteiger partial charge in [0.15, 0.2) is 0 Å². The van der Waals surface area contributed by atoms with Crippen molar-refractivity contribution in [3.8, 4) is 0 Å². The van der Waals surface area contributed by atoms with Gasteiger partial charge in [-0.1, -0.05) is 13.3 Å². The minimum atomic E-state index is -0.294. The van der Waals surface area contributed by atoms with Crippen molar-refractivity contribution in [2.45, 2.75) is 71.0 Å². The molecule has 3 nitrogen and oxygen atoms in total. The molecule has 0 radical (unpaired) electrons. The molecule has 1 heterocycles. The Morgan fingerprint density at radius 3 is 2.31 bits per heavy atom. The summed E-state index contributed by atoms with van der Waals surface area (Å²) in [5.74, 6) is 0.150. The summed E-state index contributed by atoms with van der Waals surface area (Å²) in [6, 6.07) is 0.436. The van der Waals surface area contributed by atoms with E-state index in [1.807, 2.05) is 4.90 Å². The number of amides is 1. The van der Waals surface area contributed by atoms with Crippen LogP contribution in [0.25, 0.3) is 0 Å². The third kappa shape index (κ3) is 3.63. The fraction of sp³-hybridized carbons (Fsp3) is 0.917. The maximum Gasteiger partial charge on any atom is 0.239 e. The fourth-order valence-electron chi connectivity index (χ4n) is 2.48. The number of likely N-dealkylation sites (tertiary alicyclic amines) is 1. The van der Waals surface area contributed by atoms with Crippen molar-refractivity contribution in [2.75, 3.05) is 0 Å². The van der Waals surface area contributed by atoms with E-state index in [0.717, 1.165) is 25.7 Å². The summed E-state index contributed by atoms with van der Waals surface area (Å²) in [5, 5.41) is 0. The smallest absolute Gasteiger partial charge is 0.239 e. The Kier molecular flexibility index (Phi) is 7.00. The van der Waals surface area contributed by atoms with Crippen molar-refractivity contribution < 1.29 is 4.79 Å². The second-order valence-electron chi connectivity index (χ2n) is 4.77. The van der Waals surface area contributed by atoms with Gasteiger partial charge < -0.3 is 10.6 Å². The average Bonchev–Trinajstić information content (AvgIpc) is 2.17. The molecule has 1 amide bonds. The third-order valence-electron chi connectivity index (χ3n) is 3.36. The molecule has 0 bridgehead atoms. The Morgan fingerprint density at radius 2 is 1.88 bits per heavy atom. The lowest BCUT2D eigenvalue weighted by molar-refractivity contribution is -0.138. The van der Waals surface area contributed by atoms with Gasteiger partial charge in [0.1, 0.15) is 0 Å². The number of nitrogens with two attached hydrogens (primary N) is 1. The normalized spacial score (nSPS) is 27.1. The number of carbonyl (C=O) groups is 1. The van der Waals surface area contributed by atoms with Gasteiger partial charge in [-0.2, -0.15) is 0 Å². The Balaban J connectivity index is 0.00000225. The summed E-state index contributed by atoms with van der Waals surface area (Å²) in [6.45, 7) is 6.33. The molecule has 0 spiro atoms. The van der Waals surface area contributed by atoms with Gasteiger partial charge in [-0.15, -0.1) is 12.4 Å². The maximum atomic E-state index is 12.1. The van der Waals surface area contributed by atoms with E-state index < -0.39 is 0 Å². The van der Waals surface area contributed by atoms with Gasteiger partial charge in [0.05, 0.1) is 6.04 Å². The number of nitrogens with zero attached hydrogens (tertiary/aromatic N) is 1. The summed E-state index contributed by atoms with van der Waals surface area (Å²) in [6.07, 6.45) is 5.25. The van der Waals surface area contributed by atoms with Crippen molar-refractivity contribution >= 4 is 18.3 Å². The van der Waals surface area contributed by atoms with Crippen LogP contribution in [0.5, 0.6) is 0 Å². The molecule has 0 aromatic heterocycles. The first kappa shape index (κ1) is 15.7. The zero-order chi connectivity index (χ0) is 11.4. The topological polar surface area (TPSA) is 46.3 Å². The summed E-state index contributed by atoms with van der Waals surface area (Å²) in [4.78, 5) is 14.1. The Labute approximate surface area is 105 Å². The van der Waals surface area contributed by atoms with Crippen molar-refractivity contribution in [3.05, 3.63) is 0 Å². The highest BCUT2D eigenvalue weighted by Crippen LogP contribution is 2.23. The standard InChI is InChI=1S/C12H24N2O.ClH/c1-4-6-11(13)12(15)14-9(2)7-5-8-10(14)3;/h9-11H,4-8,13H2,1-3H3;1H. The molecule has 3 unspecified atom stereocenters. The summed E-state index contributed by atoms with van der Waals surface area (Å²) < 4.78 is 0. The minimum Gasteiger partial charge on any atom is -0.336 e. The molecule has 1 rings (SSSR count). The number of hydrogen-bond acceptors (Lipinski definition) is 2. The number of piperidine rings is 1. The van der Waals surface area contributed by atoms with Crippen LogP contribution in [0.4, 0.5) is 0 Å². The van der Waals surface area contributed by atoms with Crippen LogP contribution in [0.1, 0.15) is 52.9 Å². The minimum absolute atomic E-state index is 0. The lowest BCUT2D eigenvalue weighted by Gasteiger charge is -2.40. The molecule has 0 saturated carbocycles. The van der Waals surface area contributed by atoms with Crippen molar-refractivity contribution in [2.24, 2.45) is 5.73 Å². The summed E-state index contributed by atoms with van der Waals surface area (Å²) in [7, 11) is 0. The van der Waals surface area contributed by atoms with E-state index in [1.165, 1.54) is 6.42 Å². The van der Waals surface area contributed by atoms with Crippen LogP contribution < -0.4 is 5.73 Å². The van der Waals surface area contributed by atoms with Gasteiger partial charge in [0.2, 0.25) is 5.91 Å². The third-order valence-corrected chi connectivity index (χ3v) is 3.36. The molecule has 1 aliphatic rings. The van der Waals surface area contributed by atoms with Gasteiger partial charge in [-0.3, -0.25) is 4.79 Å². The average molecular weight is 249 g/mol. The first-order chi connectivity index (χ1) is 7.07. The summed E-state index contributed by atoms with van der Waals surface area (Å²) >= 11 is 0. The first-order valence-corrected chi connectivity index (χ1v) is 6.15. The number of halogens is 1. The van der Waals surface area contributed by atoms with Crippen molar-refractivity contribution in [3.63, 3.8) is 0 Å². The second-order valence-corrected chi connectivity index (χ2v) is 4.77. The van der Waals surface area contributed by atoms with Crippen molar-refractivity contribution in [1.82, 2.24) is 4.90 Å². The molecule has 0 aromatic carbocycles. The number of rotatable bonds is 3. The summed E-state index contributed by atoms with van der Waals surface area (Å²) in [5.41, 5.74) is 5.89. The molecule has 1 saturated heterocycles. The van der Waals surface area contributed by atoms with Gasteiger partial charge in [0.25, 0.3) is 0 Å². The van der Waals surface area contributed by atoms with Crippen LogP contribution >= 0.6 is 12.4 Å². The Morgan fingerprint density at radius 1 is 1.38 bits per heavy atom. The monoisotopic (exact) mass is 248 g/mol. The van der Waals surface area contributed by atoms with Crippen LogP contribution in [-0.4, -0.2) is 28.9 Å². The molecule has 1 fully saturated rings. The molecule has 2 N–H and O–H groups in total. The predicted octanol–water partition coefficient (Wildman–Crippen LogP) is 2.33. The van der Waals surface area contributed by atoms with Crippen LogP contribution in [0.3, 0.4) is 0 Å². The number of carbonyl (C=O) groups excluding carboxylic acids is 1. The van der Waals surface area contributed by atoms with E-state index in [4.69, 9.17) is 5.73 Å². The van der Waals surface area contributed by atoms with Crippen molar-refractivity contribution in [1.29, 1.82) is 0 Å². The van der Waals surface area contributed by atoms with Gasteiger partial charge in [-0.25, -0.2) is 0 Å². The SMILES string of the molecule is CCCC(N)C(=O)N1C(C)CCCC1C.Cl. The molecule has 16 heavy (non-hydrogen) atoms. The van der Waals surface area contributed by atoms with Gasteiger partial charge >= 0.3 is 0 Å². The van der Waals surface area contributed by atoms with E-state index >= 15 is 0 Å². The molecule has 4 heteroatoms. The predicted molar refractivity (Wildman–Crippen MR) is 69.8 cm³/mol. The highest BCUT2D eigenvalue weighted by atomic mass is 35.5.